The Morgan fingerprint density at radius 2 is 2.00 bits per heavy atom. The van der Waals surface area contributed by atoms with E-state index in [2.05, 4.69) is 0 Å². The molecule has 2 heteroatoms. The van der Waals surface area contributed by atoms with Crippen LogP contribution in [0, 0.1) is 5.92 Å². The van der Waals surface area contributed by atoms with E-state index in [-0.39, 0.29) is 5.92 Å². The maximum Gasteiger partial charge on any atom is 0.133 e. The van der Waals surface area contributed by atoms with Crippen molar-refractivity contribution in [3.63, 3.8) is 0 Å². The third kappa shape index (κ3) is 1.65. The number of benzene rings is 1. The van der Waals surface area contributed by atoms with Gasteiger partial charge in [-0.1, -0.05) is 12.1 Å². The van der Waals surface area contributed by atoms with Crippen molar-refractivity contribution in [1.82, 2.24) is 0 Å². The Kier molecular flexibility index (Phi) is 2.28. The van der Waals surface area contributed by atoms with Crippen molar-refractivity contribution < 1.29 is 9.53 Å². The van der Waals surface area contributed by atoms with E-state index in [0.717, 1.165) is 12.2 Å². The quantitative estimate of drug-likeness (QED) is 0.731. The van der Waals surface area contributed by atoms with Gasteiger partial charge in [-0.2, -0.15) is 0 Å². The van der Waals surface area contributed by atoms with Crippen LogP contribution in [0.4, 0.5) is 0 Å². The molecule has 0 bridgehead atoms. The average molecular weight is 190 g/mol. The summed E-state index contributed by atoms with van der Waals surface area (Å²) < 4.78 is 5.08. The summed E-state index contributed by atoms with van der Waals surface area (Å²) in [6, 6.07) is 7.99. The zero-order valence-corrected chi connectivity index (χ0v) is 8.49. The highest BCUT2D eigenvalue weighted by Crippen LogP contribution is 2.48. The van der Waals surface area contributed by atoms with E-state index in [4.69, 9.17) is 4.74 Å². The van der Waals surface area contributed by atoms with E-state index in [0.29, 0.717) is 11.7 Å². The minimum absolute atomic E-state index is 0.267. The highest BCUT2D eigenvalue weighted by atomic mass is 16.5. The molecule has 0 spiro atoms. The minimum atomic E-state index is 0.267. The molecule has 1 aliphatic carbocycles. The maximum atomic E-state index is 11.1. The highest BCUT2D eigenvalue weighted by molar-refractivity contribution is 5.82. The number of methoxy groups -OCH3 is 1. The Balaban J connectivity index is 2.08. The van der Waals surface area contributed by atoms with Crippen LogP contribution in [0.2, 0.25) is 0 Å². The monoisotopic (exact) mass is 190 g/mol. The number of Topliss-reactive ketones (excluding diaryl/α,β-unsaturated/α-hetero) is 1. The van der Waals surface area contributed by atoms with Crippen LogP contribution < -0.4 is 4.74 Å². The van der Waals surface area contributed by atoms with Gasteiger partial charge in [0, 0.05) is 5.92 Å². The number of hydrogen-bond donors (Lipinski definition) is 0. The first kappa shape index (κ1) is 9.25. The third-order valence-electron chi connectivity index (χ3n) is 2.86. The van der Waals surface area contributed by atoms with Gasteiger partial charge in [-0.25, -0.2) is 0 Å². The summed E-state index contributed by atoms with van der Waals surface area (Å²) in [5.74, 6) is 1.90. The smallest absolute Gasteiger partial charge is 0.133 e. The van der Waals surface area contributed by atoms with E-state index in [1.165, 1.54) is 5.56 Å². The summed E-state index contributed by atoms with van der Waals surface area (Å²) in [7, 11) is 1.66. The van der Waals surface area contributed by atoms with Crippen LogP contribution in [-0.4, -0.2) is 12.9 Å². The zero-order chi connectivity index (χ0) is 10.1. The molecule has 2 rings (SSSR count). The number of carbonyl (C=O) groups excluding carboxylic acids is 1. The first-order valence-electron chi connectivity index (χ1n) is 4.87. The van der Waals surface area contributed by atoms with E-state index in [1.54, 1.807) is 14.0 Å². The molecule has 0 aliphatic heterocycles. The van der Waals surface area contributed by atoms with Crippen LogP contribution in [0.25, 0.3) is 0 Å². The van der Waals surface area contributed by atoms with Crippen LogP contribution in [-0.2, 0) is 4.79 Å². The predicted octanol–water partition coefficient (Wildman–Crippen LogP) is 2.39. The molecule has 1 aromatic carbocycles. The largest absolute Gasteiger partial charge is 0.497 e. The first-order chi connectivity index (χ1) is 6.72. The molecule has 0 heterocycles. The molecular formula is C12H14O2. The summed E-state index contributed by atoms with van der Waals surface area (Å²) in [5.41, 5.74) is 1.26. The molecule has 74 valence electrons. The fourth-order valence-corrected chi connectivity index (χ4v) is 1.86. The van der Waals surface area contributed by atoms with Gasteiger partial charge in [0.1, 0.15) is 11.5 Å². The molecule has 0 saturated heterocycles. The molecule has 2 nitrogen and oxygen atoms in total. The second-order valence-corrected chi connectivity index (χ2v) is 3.83. The van der Waals surface area contributed by atoms with Gasteiger partial charge in [-0.15, -0.1) is 0 Å². The molecule has 2 unspecified atom stereocenters. The zero-order valence-electron chi connectivity index (χ0n) is 8.49. The van der Waals surface area contributed by atoms with Crippen LogP contribution >= 0.6 is 0 Å². The Morgan fingerprint density at radius 3 is 2.43 bits per heavy atom. The summed E-state index contributed by atoms with van der Waals surface area (Å²) in [4.78, 5) is 11.1. The van der Waals surface area contributed by atoms with Crippen LogP contribution in [0.15, 0.2) is 24.3 Å². The lowest BCUT2D eigenvalue weighted by molar-refractivity contribution is -0.118. The lowest BCUT2D eigenvalue weighted by atomic mass is 10.1. The van der Waals surface area contributed by atoms with E-state index in [9.17, 15) is 4.79 Å². The van der Waals surface area contributed by atoms with Gasteiger partial charge in [0.15, 0.2) is 0 Å². The lowest BCUT2D eigenvalue weighted by Gasteiger charge is -2.01. The van der Waals surface area contributed by atoms with Gasteiger partial charge in [-0.05, 0) is 37.0 Å². The molecule has 1 aromatic rings. The number of hydrogen-bond acceptors (Lipinski definition) is 2. The summed E-state index contributed by atoms with van der Waals surface area (Å²) in [5, 5.41) is 0. The van der Waals surface area contributed by atoms with Gasteiger partial charge in [0.05, 0.1) is 7.11 Å². The number of rotatable bonds is 3. The normalized spacial score (nSPS) is 24.4. The van der Waals surface area contributed by atoms with Gasteiger partial charge in [0.25, 0.3) is 0 Å². The standard InChI is InChI=1S/C12H14O2/c1-8(13)11-7-12(11)9-3-5-10(14-2)6-4-9/h3-6,11-12H,7H2,1-2H3. The predicted molar refractivity (Wildman–Crippen MR) is 54.5 cm³/mol. The Labute approximate surface area is 83.9 Å². The van der Waals surface area contributed by atoms with E-state index >= 15 is 0 Å². The summed E-state index contributed by atoms with van der Waals surface area (Å²) >= 11 is 0. The van der Waals surface area contributed by atoms with Gasteiger partial charge >= 0.3 is 0 Å². The minimum Gasteiger partial charge on any atom is -0.497 e. The van der Waals surface area contributed by atoms with E-state index < -0.39 is 0 Å². The van der Waals surface area contributed by atoms with Crippen molar-refractivity contribution in [3.8, 4) is 5.75 Å². The Morgan fingerprint density at radius 1 is 1.36 bits per heavy atom. The SMILES string of the molecule is COc1ccc(C2CC2C(C)=O)cc1. The van der Waals surface area contributed by atoms with Crippen LogP contribution in [0.1, 0.15) is 24.8 Å². The molecule has 0 amide bonds. The van der Waals surface area contributed by atoms with Crippen molar-refractivity contribution in [2.45, 2.75) is 19.3 Å². The number of ketones is 1. The molecule has 0 radical (unpaired) electrons. The summed E-state index contributed by atoms with van der Waals surface area (Å²) in [6.07, 6.45) is 1.02. The van der Waals surface area contributed by atoms with Crippen molar-refractivity contribution in [3.05, 3.63) is 29.8 Å². The number of carbonyl (C=O) groups is 1. The molecular weight excluding hydrogens is 176 g/mol. The highest BCUT2D eigenvalue weighted by Gasteiger charge is 2.41. The Hall–Kier alpha value is -1.31. The van der Waals surface area contributed by atoms with Crippen molar-refractivity contribution in [2.24, 2.45) is 5.92 Å². The topological polar surface area (TPSA) is 26.3 Å². The van der Waals surface area contributed by atoms with Crippen molar-refractivity contribution in [2.75, 3.05) is 7.11 Å². The third-order valence-corrected chi connectivity index (χ3v) is 2.86. The van der Waals surface area contributed by atoms with Gasteiger partial charge in [-0.3, -0.25) is 4.79 Å². The first-order valence-corrected chi connectivity index (χ1v) is 4.87. The number of ether oxygens (including phenoxy) is 1. The lowest BCUT2D eigenvalue weighted by Crippen LogP contribution is -1.94. The molecule has 14 heavy (non-hydrogen) atoms. The van der Waals surface area contributed by atoms with Gasteiger partial charge < -0.3 is 4.74 Å². The van der Waals surface area contributed by atoms with Crippen molar-refractivity contribution >= 4 is 5.78 Å². The second-order valence-electron chi connectivity index (χ2n) is 3.83. The maximum absolute atomic E-state index is 11.1. The fourth-order valence-electron chi connectivity index (χ4n) is 1.86. The molecule has 1 fully saturated rings. The summed E-state index contributed by atoms with van der Waals surface area (Å²) in [6.45, 7) is 1.67. The van der Waals surface area contributed by atoms with Gasteiger partial charge in [0.2, 0.25) is 0 Å². The molecule has 1 aliphatic rings. The molecule has 1 saturated carbocycles. The van der Waals surface area contributed by atoms with Crippen LogP contribution in [0.5, 0.6) is 5.75 Å². The Bertz CT molecular complexity index is 340. The second kappa shape index (κ2) is 3.45. The average Bonchev–Trinajstić information content (AvgIpc) is 2.97. The molecule has 0 aromatic heterocycles. The van der Waals surface area contributed by atoms with Crippen LogP contribution in [0.3, 0.4) is 0 Å². The molecule has 0 N–H and O–H groups in total. The fraction of sp³-hybridized carbons (Fsp3) is 0.417. The van der Waals surface area contributed by atoms with E-state index in [1.807, 2.05) is 24.3 Å². The molecule has 2 atom stereocenters. The van der Waals surface area contributed by atoms with Crippen molar-refractivity contribution in [1.29, 1.82) is 0 Å².